The van der Waals surface area contributed by atoms with E-state index in [4.69, 9.17) is 5.11 Å². The van der Waals surface area contributed by atoms with E-state index >= 15 is 0 Å². The molecule has 2 aromatic rings. The molecule has 0 fully saturated rings. The topological polar surface area (TPSA) is 96.6 Å². The van der Waals surface area contributed by atoms with Crippen molar-refractivity contribution in [1.29, 1.82) is 0 Å². The monoisotopic (exact) mass is 275 g/mol. The standard InChI is InChI=1S/C13H13N3O4/c1-2-15(8-12(17)18)11-6-5-10(16(19)20)9-4-3-7-14-13(9)11/h3-7H,2,8H2,1H3,(H,17,18). The molecule has 1 aromatic carbocycles. The Balaban J connectivity index is 2.63. The molecule has 0 aliphatic carbocycles. The van der Waals surface area contributed by atoms with E-state index in [2.05, 4.69) is 4.98 Å². The number of non-ortho nitro benzene ring substituents is 1. The molecule has 7 heteroatoms. The molecule has 7 nitrogen and oxygen atoms in total. The second-order valence-corrected chi connectivity index (χ2v) is 4.17. The van der Waals surface area contributed by atoms with Crippen molar-refractivity contribution in [3.05, 3.63) is 40.6 Å². The molecule has 0 amide bonds. The molecule has 0 aliphatic heterocycles. The number of nitro benzene ring substituents is 1. The van der Waals surface area contributed by atoms with E-state index in [1.54, 1.807) is 23.1 Å². The van der Waals surface area contributed by atoms with Gasteiger partial charge in [0.25, 0.3) is 5.69 Å². The van der Waals surface area contributed by atoms with Crippen LogP contribution in [0.1, 0.15) is 6.92 Å². The second kappa shape index (κ2) is 5.52. The summed E-state index contributed by atoms with van der Waals surface area (Å²) in [6, 6.07) is 6.15. The van der Waals surface area contributed by atoms with Gasteiger partial charge in [-0.3, -0.25) is 19.9 Å². The zero-order valence-corrected chi connectivity index (χ0v) is 10.8. The van der Waals surface area contributed by atoms with Gasteiger partial charge in [-0.2, -0.15) is 0 Å². The SMILES string of the molecule is CCN(CC(=O)O)c1ccc([N+](=O)[O-])c2cccnc12. The summed E-state index contributed by atoms with van der Waals surface area (Å²) in [6.45, 7) is 2.11. The number of aromatic nitrogens is 1. The number of hydrogen-bond acceptors (Lipinski definition) is 5. The average molecular weight is 275 g/mol. The first-order valence-corrected chi connectivity index (χ1v) is 6.03. The van der Waals surface area contributed by atoms with Crippen molar-refractivity contribution >= 4 is 28.2 Å². The Bertz CT molecular complexity index is 672. The predicted molar refractivity (Wildman–Crippen MR) is 73.9 cm³/mol. The molecular formula is C13H13N3O4. The van der Waals surface area contributed by atoms with Crippen molar-refractivity contribution in [3.8, 4) is 0 Å². The Hall–Kier alpha value is -2.70. The molecule has 0 saturated heterocycles. The molecule has 0 radical (unpaired) electrons. The third-order valence-electron chi connectivity index (χ3n) is 2.97. The van der Waals surface area contributed by atoms with Crippen molar-refractivity contribution < 1.29 is 14.8 Å². The third kappa shape index (κ3) is 2.51. The Morgan fingerprint density at radius 1 is 1.45 bits per heavy atom. The highest BCUT2D eigenvalue weighted by Gasteiger charge is 2.18. The van der Waals surface area contributed by atoms with E-state index in [0.717, 1.165) is 0 Å². The molecule has 0 aliphatic rings. The molecule has 1 heterocycles. The fourth-order valence-electron chi connectivity index (χ4n) is 2.09. The van der Waals surface area contributed by atoms with Gasteiger partial charge in [-0.15, -0.1) is 0 Å². The van der Waals surface area contributed by atoms with Crippen LogP contribution in [0.5, 0.6) is 0 Å². The molecule has 0 spiro atoms. The second-order valence-electron chi connectivity index (χ2n) is 4.17. The number of hydrogen-bond donors (Lipinski definition) is 1. The Morgan fingerprint density at radius 3 is 2.80 bits per heavy atom. The van der Waals surface area contributed by atoms with Crippen LogP contribution in [-0.2, 0) is 4.79 Å². The van der Waals surface area contributed by atoms with Crippen molar-refractivity contribution in [1.82, 2.24) is 4.98 Å². The van der Waals surface area contributed by atoms with Gasteiger partial charge in [0.15, 0.2) is 0 Å². The molecule has 1 aromatic heterocycles. The van der Waals surface area contributed by atoms with Gasteiger partial charge in [0.05, 0.1) is 16.0 Å². The zero-order valence-electron chi connectivity index (χ0n) is 10.8. The number of carbonyl (C=O) groups is 1. The van der Waals surface area contributed by atoms with Gasteiger partial charge >= 0.3 is 5.97 Å². The lowest BCUT2D eigenvalue weighted by Gasteiger charge is -2.21. The highest BCUT2D eigenvalue weighted by Crippen LogP contribution is 2.31. The smallest absolute Gasteiger partial charge is 0.323 e. The summed E-state index contributed by atoms with van der Waals surface area (Å²) < 4.78 is 0. The van der Waals surface area contributed by atoms with Crippen LogP contribution < -0.4 is 4.90 Å². The summed E-state index contributed by atoms with van der Waals surface area (Å²) in [5.41, 5.74) is 0.976. The number of likely N-dealkylation sites (N-methyl/N-ethyl adjacent to an activating group) is 1. The van der Waals surface area contributed by atoms with Gasteiger partial charge < -0.3 is 10.0 Å². The van der Waals surface area contributed by atoms with Crippen LogP contribution in [0.15, 0.2) is 30.5 Å². The lowest BCUT2D eigenvalue weighted by atomic mass is 10.1. The van der Waals surface area contributed by atoms with Gasteiger partial charge in [0, 0.05) is 18.8 Å². The number of anilines is 1. The lowest BCUT2D eigenvalue weighted by molar-refractivity contribution is -0.383. The van der Waals surface area contributed by atoms with Crippen LogP contribution in [0, 0.1) is 10.1 Å². The van der Waals surface area contributed by atoms with Gasteiger partial charge in [-0.1, -0.05) is 0 Å². The number of fused-ring (bicyclic) bond motifs is 1. The minimum absolute atomic E-state index is 0.0387. The number of aliphatic carboxylic acids is 1. The van der Waals surface area contributed by atoms with Crippen LogP contribution in [0.25, 0.3) is 10.9 Å². The number of pyridine rings is 1. The maximum absolute atomic E-state index is 11.0. The summed E-state index contributed by atoms with van der Waals surface area (Å²) in [5.74, 6) is -0.964. The van der Waals surface area contributed by atoms with E-state index < -0.39 is 10.9 Å². The maximum atomic E-state index is 11.0. The van der Waals surface area contributed by atoms with E-state index in [9.17, 15) is 14.9 Å². The molecule has 0 unspecified atom stereocenters. The summed E-state index contributed by atoms with van der Waals surface area (Å²) in [6.07, 6.45) is 1.53. The Morgan fingerprint density at radius 2 is 2.20 bits per heavy atom. The summed E-state index contributed by atoms with van der Waals surface area (Å²) in [4.78, 5) is 27.2. The molecule has 2 rings (SSSR count). The van der Waals surface area contributed by atoms with Crippen molar-refractivity contribution in [2.75, 3.05) is 18.0 Å². The fraction of sp³-hybridized carbons (Fsp3) is 0.231. The highest BCUT2D eigenvalue weighted by atomic mass is 16.6. The highest BCUT2D eigenvalue weighted by molar-refractivity contribution is 5.97. The zero-order chi connectivity index (χ0) is 14.7. The summed E-state index contributed by atoms with van der Waals surface area (Å²) >= 11 is 0. The number of nitrogens with zero attached hydrogens (tertiary/aromatic N) is 3. The van der Waals surface area contributed by atoms with E-state index in [1.165, 1.54) is 12.3 Å². The number of carboxylic acid groups (broad SMARTS) is 1. The van der Waals surface area contributed by atoms with Gasteiger partial charge in [-0.25, -0.2) is 0 Å². The predicted octanol–water partition coefficient (Wildman–Crippen LogP) is 2.05. The van der Waals surface area contributed by atoms with Crippen LogP contribution in [0.4, 0.5) is 11.4 Å². The van der Waals surface area contributed by atoms with Crippen molar-refractivity contribution in [2.45, 2.75) is 6.92 Å². The first kappa shape index (κ1) is 13.7. The number of carboxylic acids is 1. The Labute approximate surface area is 114 Å². The molecule has 1 N–H and O–H groups in total. The summed E-state index contributed by atoms with van der Waals surface area (Å²) in [5, 5.41) is 20.3. The fourth-order valence-corrected chi connectivity index (χ4v) is 2.09. The van der Waals surface area contributed by atoms with E-state index in [0.29, 0.717) is 23.1 Å². The number of benzene rings is 1. The lowest BCUT2D eigenvalue weighted by Crippen LogP contribution is -2.29. The van der Waals surface area contributed by atoms with Gasteiger partial charge in [-0.05, 0) is 25.1 Å². The molecule has 0 saturated carbocycles. The molecule has 20 heavy (non-hydrogen) atoms. The Kier molecular flexibility index (Phi) is 3.79. The normalized spacial score (nSPS) is 10.4. The van der Waals surface area contributed by atoms with Gasteiger partial charge in [0.2, 0.25) is 0 Å². The van der Waals surface area contributed by atoms with Crippen molar-refractivity contribution in [2.24, 2.45) is 0 Å². The van der Waals surface area contributed by atoms with Crippen LogP contribution >= 0.6 is 0 Å². The number of nitro groups is 1. The van der Waals surface area contributed by atoms with Crippen LogP contribution in [0.3, 0.4) is 0 Å². The first-order chi connectivity index (χ1) is 9.54. The molecular weight excluding hydrogens is 262 g/mol. The van der Waals surface area contributed by atoms with E-state index in [-0.39, 0.29) is 12.2 Å². The van der Waals surface area contributed by atoms with Crippen molar-refractivity contribution in [3.63, 3.8) is 0 Å². The first-order valence-electron chi connectivity index (χ1n) is 6.03. The quantitative estimate of drug-likeness (QED) is 0.662. The minimum Gasteiger partial charge on any atom is -0.480 e. The van der Waals surface area contributed by atoms with E-state index in [1.807, 2.05) is 6.92 Å². The largest absolute Gasteiger partial charge is 0.480 e. The minimum atomic E-state index is -0.964. The summed E-state index contributed by atoms with van der Waals surface area (Å²) in [7, 11) is 0. The maximum Gasteiger partial charge on any atom is 0.323 e. The molecule has 0 atom stereocenters. The molecule has 104 valence electrons. The van der Waals surface area contributed by atoms with Gasteiger partial charge in [0.1, 0.15) is 12.1 Å². The molecule has 0 bridgehead atoms. The number of rotatable bonds is 5. The average Bonchev–Trinajstić information content (AvgIpc) is 2.43. The van der Waals surface area contributed by atoms with Crippen LogP contribution in [-0.4, -0.2) is 34.1 Å². The van der Waals surface area contributed by atoms with Crippen LogP contribution in [0.2, 0.25) is 0 Å². The third-order valence-corrected chi connectivity index (χ3v) is 2.97.